The SMILES string of the molecule is C#Cc1c(F)ccc2cc(O)cc(-c3c(Cl)c4c5c(nc(OC[C@@]67CCCN6C[C@H](F)C7)nc5c3F)N3C[C@H]5CC[C@H](N5)[C@H]3CO4)c12. The van der Waals surface area contributed by atoms with Crippen LogP contribution in [0.5, 0.6) is 17.5 Å². The first-order valence-corrected chi connectivity index (χ1v) is 16.4. The van der Waals surface area contributed by atoms with E-state index < -0.39 is 23.3 Å². The second-order valence-electron chi connectivity index (χ2n) is 13.5. The molecule has 4 saturated heterocycles. The molecule has 0 aliphatic carbocycles. The fourth-order valence-electron chi connectivity index (χ4n) is 8.80. The van der Waals surface area contributed by atoms with Gasteiger partial charge < -0.3 is 24.8 Å². The largest absolute Gasteiger partial charge is 0.508 e. The fraction of sp³-hybridized carbons (Fsp3) is 0.429. The number of ether oxygens (including phenoxy) is 2. The molecule has 0 amide bonds. The summed E-state index contributed by atoms with van der Waals surface area (Å²) in [5.74, 6) is 1.37. The van der Waals surface area contributed by atoms with E-state index in [1.807, 2.05) is 0 Å². The van der Waals surface area contributed by atoms with Crippen LogP contribution < -0.4 is 19.7 Å². The van der Waals surface area contributed by atoms with Crippen LogP contribution in [-0.2, 0) is 0 Å². The molecular weight excluding hydrogens is 631 g/mol. The van der Waals surface area contributed by atoms with Crippen molar-refractivity contribution >= 4 is 39.1 Å². The summed E-state index contributed by atoms with van der Waals surface area (Å²) < 4.78 is 59.5. The van der Waals surface area contributed by atoms with E-state index >= 15 is 8.78 Å². The Hall–Kier alpha value is -3.98. The number of aromatic nitrogens is 2. The Kier molecular flexibility index (Phi) is 6.53. The number of benzene rings is 3. The van der Waals surface area contributed by atoms with Gasteiger partial charge in [0.15, 0.2) is 11.6 Å². The molecule has 9 rings (SSSR count). The maximum atomic E-state index is 17.2. The minimum Gasteiger partial charge on any atom is -0.508 e. The van der Waals surface area contributed by atoms with Crippen molar-refractivity contribution in [2.45, 2.75) is 61.9 Å². The van der Waals surface area contributed by atoms with Crippen molar-refractivity contribution in [1.29, 1.82) is 0 Å². The van der Waals surface area contributed by atoms with Crippen LogP contribution in [0.4, 0.5) is 19.0 Å². The predicted molar refractivity (Wildman–Crippen MR) is 172 cm³/mol. The Morgan fingerprint density at radius 2 is 2.06 bits per heavy atom. The normalized spacial score (nSPS) is 27.9. The molecule has 0 spiro atoms. The molecule has 5 aliphatic heterocycles. The lowest BCUT2D eigenvalue weighted by Gasteiger charge is -2.40. The third kappa shape index (κ3) is 4.31. The molecule has 3 aromatic carbocycles. The molecule has 0 unspecified atom stereocenters. The molecule has 6 heterocycles. The summed E-state index contributed by atoms with van der Waals surface area (Å²) in [5.41, 5.74) is -0.672. The predicted octanol–water partition coefficient (Wildman–Crippen LogP) is 5.73. The highest BCUT2D eigenvalue weighted by Crippen LogP contribution is 2.51. The number of halogens is 4. The number of hydrogen-bond acceptors (Lipinski definition) is 8. The van der Waals surface area contributed by atoms with E-state index in [-0.39, 0.29) is 81.5 Å². The van der Waals surface area contributed by atoms with Crippen LogP contribution in [0.15, 0.2) is 24.3 Å². The van der Waals surface area contributed by atoms with Crippen molar-refractivity contribution in [3.63, 3.8) is 0 Å². The quantitative estimate of drug-likeness (QED) is 0.269. The first-order valence-electron chi connectivity index (χ1n) is 16.1. The third-order valence-corrected chi connectivity index (χ3v) is 11.2. The summed E-state index contributed by atoms with van der Waals surface area (Å²) in [6, 6.07) is 5.63. The summed E-state index contributed by atoms with van der Waals surface area (Å²) in [4.78, 5) is 13.8. The Bertz CT molecular complexity index is 2040. The van der Waals surface area contributed by atoms with Gasteiger partial charge in [0.2, 0.25) is 0 Å². The summed E-state index contributed by atoms with van der Waals surface area (Å²) in [5, 5.41) is 15.2. The molecule has 12 heteroatoms. The minimum atomic E-state index is -0.935. The number of fused-ring (bicyclic) bond motifs is 7. The molecule has 5 atom stereocenters. The molecule has 47 heavy (non-hydrogen) atoms. The van der Waals surface area contributed by atoms with Crippen molar-refractivity contribution in [3.05, 3.63) is 46.5 Å². The zero-order valence-corrected chi connectivity index (χ0v) is 26.1. The van der Waals surface area contributed by atoms with Gasteiger partial charge >= 0.3 is 6.01 Å². The molecule has 2 N–H and O–H groups in total. The lowest BCUT2D eigenvalue weighted by Crippen LogP contribution is -2.60. The van der Waals surface area contributed by atoms with Crippen LogP contribution in [-0.4, -0.2) is 82.7 Å². The van der Waals surface area contributed by atoms with Crippen molar-refractivity contribution in [2.24, 2.45) is 0 Å². The van der Waals surface area contributed by atoms with Gasteiger partial charge in [-0.3, -0.25) is 4.90 Å². The number of phenolic OH excluding ortho intramolecular Hbond substituents is 1. The van der Waals surface area contributed by atoms with Gasteiger partial charge in [-0.1, -0.05) is 23.6 Å². The highest BCUT2D eigenvalue weighted by atomic mass is 35.5. The van der Waals surface area contributed by atoms with Gasteiger partial charge in [0.1, 0.15) is 42.3 Å². The van der Waals surface area contributed by atoms with Gasteiger partial charge in [-0.05, 0) is 61.4 Å². The van der Waals surface area contributed by atoms with Gasteiger partial charge in [0.25, 0.3) is 0 Å². The lowest BCUT2D eigenvalue weighted by atomic mass is 9.92. The molecule has 1 aromatic heterocycles. The molecule has 4 fully saturated rings. The highest BCUT2D eigenvalue weighted by Gasteiger charge is 2.50. The number of aromatic hydroxyl groups is 1. The summed E-state index contributed by atoms with van der Waals surface area (Å²) >= 11 is 7.08. The highest BCUT2D eigenvalue weighted by molar-refractivity contribution is 6.37. The number of alkyl halides is 1. The smallest absolute Gasteiger partial charge is 0.319 e. The molecule has 5 aliphatic rings. The molecule has 4 aromatic rings. The molecule has 0 radical (unpaired) electrons. The van der Waals surface area contributed by atoms with E-state index in [9.17, 15) is 9.50 Å². The molecule has 242 valence electrons. The van der Waals surface area contributed by atoms with Crippen LogP contribution in [0.3, 0.4) is 0 Å². The van der Waals surface area contributed by atoms with E-state index in [0.29, 0.717) is 36.1 Å². The number of piperazine rings is 1. The Labute approximate surface area is 273 Å². The first kappa shape index (κ1) is 29.2. The van der Waals surface area contributed by atoms with Crippen molar-refractivity contribution < 1.29 is 27.8 Å². The van der Waals surface area contributed by atoms with E-state index in [2.05, 4.69) is 26.0 Å². The number of phenols is 1. The van der Waals surface area contributed by atoms with Crippen LogP contribution >= 0.6 is 11.6 Å². The maximum absolute atomic E-state index is 17.2. The lowest BCUT2D eigenvalue weighted by molar-refractivity contribution is 0.107. The van der Waals surface area contributed by atoms with Crippen LogP contribution in [0.2, 0.25) is 5.02 Å². The van der Waals surface area contributed by atoms with Gasteiger partial charge in [-0.15, -0.1) is 6.42 Å². The molecule has 0 saturated carbocycles. The van der Waals surface area contributed by atoms with Crippen molar-refractivity contribution in [3.8, 4) is 41.0 Å². The number of anilines is 1. The number of hydrogen-bond donors (Lipinski definition) is 2. The third-order valence-electron chi connectivity index (χ3n) is 10.9. The molecular formula is C35H31ClF3N5O3. The zero-order valence-electron chi connectivity index (χ0n) is 25.3. The summed E-state index contributed by atoms with van der Waals surface area (Å²) in [7, 11) is 0. The maximum Gasteiger partial charge on any atom is 0.319 e. The number of nitrogens with zero attached hydrogens (tertiary/aromatic N) is 4. The Balaban J connectivity index is 1.27. The summed E-state index contributed by atoms with van der Waals surface area (Å²) in [6.45, 7) is 2.21. The zero-order chi connectivity index (χ0) is 32.2. The Morgan fingerprint density at radius 3 is 2.91 bits per heavy atom. The van der Waals surface area contributed by atoms with Crippen molar-refractivity contribution in [2.75, 3.05) is 37.7 Å². The van der Waals surface area contributed by atoms with E-state index in [1.165, 1.54) is 24.3 Å². The van der Waals surface area contributed by atoms with Crippen LogP contribution in [0.1, 0.15) is 37.7 Å². The fourth-order valence-corrected chi connectivity index (χ4v) is 9.13. The monoisotopic (exact) mass is 661 g/mol. The summed E-state index contributed by atoms with van der Waals surface area (Å²) in [6.07, 6.45) is 8.86. The van der Waals surface area contributed by atoms with Gasteiger partial charge in [-0.2, -0.15) is 9.97 Å². The van der Waals surface area contributed by atoms with Gasteiger partial charge in [0, 0.05) is 42.5 Å². The minimum absolute atomic E-state index is 0.0307. The molecule has 8 nitrogen and oxygen atoms in total. The Morgan fingerprint density at radius 1 is 1.19 bits per heavy atom. The topological polar surface area (TPSA) is 83.0 Å². The first-order chi connectivity index (χ1) is 22.7. The standard InChI is InChI=1S/C35H31ClF3N5O3/c1-2-21-23(38)6-4-17-10-20(45)11-22(26(17)21)27-29(36)32-28-31(30(27)39)41-34(47-16-35-8-3-9-43(35)13-18(37)12-35)42-33(28)44-14-19-5-7-24(40-19)25(44)15-46-32/h1,4,6,10-11,18-19,24-25,40,45H,3,5,7-9,12-16H2/t18-,19-,24+,25-,35+/m1/s1. The van der Waals surface area contributed by atoms with Gasteiger partial charge in [0.05, 0.1) is 27.6 Å². The van der Waals surface area contributed by atoms with Crippen molar-refractivity contribution in [1.82, 2.24) is 20.2 Å². The van der Waals surface area contributed by atoms with Crippen LogP contribution in [0, 0.1) is 24.0 Å². The molecule has 2 bridgehead atoms. The number of nitrogens with one attached hydrogen (secondary N) is 1. The second kappa shape index (κ2) is 10.5. The van der Waals surface area contributed by atoms with Crippen LogP contribution in [0.25, 0.3) is 32.8 Å². The number of rotatable bonds is 4. The second-order valence-corrected chi connectivity index (χ2v) is 13.9. The van der Waals surface area contributed by atoms with E-state index in [1.54, 1.807) is 0 Å². The van der Waals surface area contributed by atoms with E-state index in [4.69, 9.17) is 32.5 Å². The average molecular weight is 662 g/mol. The number of terminal acetylenes is 1. The average Bonchev–Trinajstić information content (AvgIpc) is 3.68. The van der Waals surface area contributed by atoms with E-state index in [0.717, 1.165) is 32.2 Å². The van der Waals surface area contributed by atoms with Gasteiger partial charge in [-0.25, -0.2) is 13.2 Å².